The number of nitrogens with one attached hydrogen (secondary N) is 1. The van der Waals surface area contributed by atoms with Crippen LogP contribution in [0.2, 0.25) is 0 Å². The Labute approximate surface area is 119 Å². The van der Waals surface area contributed by atoms with Gasteiger partial charge < -0.3 is 10.4 Å². The lowest BCUT2D eigenvalue weighted by molar-refractivity contribution is -0.121. The summed E-state index contributed by atoms with van der Waals surface area (Å²) >= 11 is 0. The van der Waals surface area contributed by atoms with Crippen molar-refractivity contribution in [3.05, 3.63) is 35.9 Å². The lowest BCUT2D eigenvalue weighted by Gasteiger charge is -2.19. The zero-order valence-electron chi connectivity index (χ0n) is 11.4. The van der Waals surface area contributed by atoms with Gasteiger partial charge in [0.15, 0.2) is 0 Å². The topological polar surface area (TPSA) is 86.7 Å². The molecule has 1 amide bonds. The first kappa shape index (κ1) is 16.6. The van der Waals surface area contributed by atoms with Gasteiger partial charge in [0.05, 0.1) is 19.4 Å². The number of hydrogen-bond acceptors (Lipinski definition) is 4. The Balaban J connectivity index is 2.59. The second kappa shape index (κ2) is 7.98. The Morgan fingerprint density at radius 2 is 1.95 bits per heavy atom. The number of sulfonamides is 1. The first-order valence-electron chi connectivity index (χ1n) is 6.30. The summed E-state index contributed by atoms with van der Waals surface area (Å²) in [7, 11) is -3.45. The molecule has 0 spiro atoms. The number of carbonyl (C=O) groups is 1. The fraction of sp³-hybridized carbons (Fsp3) is 0.462. The highest BCUT2D eigenvalue weighted by molar-refractivity contribution is 7.88. The molecule has 1 rings (SSSR count). The van der Waals surface area contributed by atoms with E-state index in [9.17, 15) is 13.2 Å². The van der Waals surface area contributed by atoms with Crippen molar-refractivity contribution in [3.8, 4) is 0 Å². The normalized spacial score (nSPS) is 11.6. The molecule has 0 saturated carbocycles. The molecule has 7 heteroatoms. The average Bonchev–Trinajstić information content (AvgIpc) is 2.41. The van der Waals surface area contributed by atoms with Gasteiger partial charge in [-0.25, -0.2) is 8.42 Å². The van der Waals surface area contributed by atoms with Gasteiger partial charge in [0.25, 0.3) is 0 Å². The predicted octanol–water partition coefficient (Wildman–Crippen LogP) is -0.401. The van der Waals surface area contributed by atoms with Crippen molar-refractivity contribution in [3.63, 3.8) is 0 Å². The monoisotopic (exact) mass is 300 g/mol. The van der Waals surface area contributed by atoms with Crippen molar-refractivity contribution < 1.29 is 18.3 Å². The number of hydrogen-bond donors (Lipinski definition) is 2. The second-order valence-corrected chi connectivity index (χ2v) is 6.39. The third-order valence-electron chi connectivity index (χ3n) is 2.72. The van der Waals surface area contributed by atoms with E-state index in [1.165, 1.54) is 0 Å². The number of benzene rings is 1. The maximum atomic E-state index is 11.7. The van der Waals surface area contributed by atoms with E-state index < -0.39 is 15.9 Å². The molecule has 0 aliphatic rings. The van der Waals surface area contributed by atoms with Crippen LogP contribution in [0.1, 0.15) is 5.56 Å². The Morgan fingerprint density at radius 3 is 2.50 bits per heavy atom. The van der Waals surface area contributed by atoms with E-state index in [-0.39, 0.29) is 26.2 Å². The van der Waals surface area contributed by atoms with Crippen molar-refractivity contribution in [1.29, 1.82) is 0 Å². The largest absolute Gasteiger partial charge is 0.395 e. The van der Waals surface area contributed by atoms with E-state index in [1.54, 1.807) is 0 Å². The van der Waals surface area contributed by atoms with Gasteiger partial charge >= 0.3 is 0 Å². The van der Waals surface area contributed by atoms with Crippen molar-refractivity contribution >= 4 is 15.9 Å². The lowest BCUT2D eigenvalue weighted by atomic mass is 10.1. The Bertz CT molecular complexity index is 516. The summed E-state index contributed by atoms with van der Waals surface area (Å²) in [6.45, 7) is -0.0369. The maximum absolute atomic E-state index is 11.7. The molecule has 1 aromatic rings. The van der Waals surface area contributed by atoms with E-state index in [0.29, 0.717) is 6.42 Å². The maximum Gasteiger partial charge on any atom is 0.235 e. The molecule has 2 N–H and O–H groups in total. The van der Waals surface area contributed by atoms with Crippen LogP contribution in [-0.4, -0.2) is 56.2 Å². The van der Waals surface area contributed by atoms with Crippen LogP contribution in [0.25, 0.3) is 0 Å². The second-order valence-electron chi connectivity index (χ2n) is 4.41. The van der Waals surface area contributed by atoms with Gasteiger partial charge in [-0.15, -0.1) is 0 Å². The number of aliphatic hydroxyl groups is 1. The molecule has 0 radical (unpaired) electrons. The minimum atomic E-state index is -3.45. The van der Waals surface area contributed by atoms with Gasteiger partial charge in [-0.05, 0) is 12.0 Å². The minimum absolute atomic E-state index is 0.120. The molecule has 0 aliphatic carbocycles. The molecule has 6 nitrogen and oxygen atoms in total. The zero-order valence-corrected chi connectivity index (χ0v) is 12.3. The highest BCUT2D eigenvalue weighted by Gasteiger charge is 2.19. The standard InChI is InChI=1S/C13H20N2O4S/c1-20(18,19)15(11-13(17)14-8-10-16)9-7-12-5-3-2-4-6-12/h2-6,16H,7-11H2,1H3,(H,14,17). The molecule has 0 bridgehead atoms. The minimum Gasteiger partial charge on any atom is -0.395 e. The first-order valence-corrected chi connectivity index (χ1v) is 8.15. The number of nitrogens with zero attached hydrogens (tertiary/aromatic N) is 1. The van der Waals surface area contributed by atoms with Crippen LogP contribution < -0.4 is 5.32 Å². The molecule has 1 aromatic carbocycles. The van der Waals surface area contributed by atoms with Crippen LogP contribution in [0.4, 0.5) is 0 Å². The SMILES string of the molecule is CS(=O)(=O)N(CCc1ccccc1)CC(=O)NCCO. The number of rotatable bonds is 8. The highest BCUT2D eigenvalue weighted by Crippen LogP contribution is 2.04. The fourth-order valence-electron chi connectivity index (χ4n) is 1.67. The van der Waals surface area contributed by atoms with Gasteiger partial charge in [-0.3, -0.25) is 4.79 Å². The van der Waals surface area contributed by atoms with Crippen molar-refractivity contribution in [2.45, 2.75) is 6.42 Å². The van der Waals surface area contributed by atoms with E-state index in [4.69, 9.17) is 5.11 Å². The van der Waals surface area contributed by atoms with Gasteiger partial charge in [0, 0.05) is 13.1 Å². The van der Waals surface area contributed by atoms with Crippen molar-refractivity contribution in [2.75, 3.05) is 32.5 Å². The first-order chi connectivity index (χ1) is 9.43. The molecule has 112 valence electrons. The average molecular weight is 300 g/mol. The fourth-order valence-corrected chi connectivity index (χ4v) is 2.45. The summed E-state index contributed by atoms with van der Waals surface area (Å²) in [5.41, 5.74) is 1.01. The van der Waals surface area contributed by atoms with E-state index >= 15 is 0 Å². The summed E-state index contributed by atoms with van der Waals surface area (Å²) in [4.78, 5) is 11.5. The van der Waals surface area contributed by atoms with Crippen LogP contribution in [0, 0.1) is 0 Å². The van der Waals surface area contributed by atoms with Gasteiger partial charge in [0.2, 0.25) is 15.9 Å². The summed E-state index contributed by atoms with van der Waals surface area (Å²) in [6.07, 6.45) is 1.62. The number of aliphatic hydroxyl groups excluding tert-OH is 1. The predicted molar refractivity (Wildman–Crippen MR) is 76.7 cm³/mol. The number of amides is 1. The van der Waals surface area contributed by atoms with E-state index in [0.717, 1.165) is 16.1 Å². The lowest BCUT2D eigenvalue weighted by Crippen LogP contribution is -2.41. The quantitative estimate of drug-likeness (QED) is 0.684. The molecule has 0 aliphatic heterocycles. The molecule has 0 unspecified atom stereocenters. The molecule has 0 heterocycles. The van der Waals surface area contributed by atoms with Gasteiger partial charge in [-0.1, -0.05) is 30.3 Å². The van der Waals surface area contributed by atoms with E-state index in [2.05, 4.69) is 5.32 Å². The molecule has 0 aromatic heterocycles. The third-order valence-corrected chi connectivity index (χ3v) is 3.97. The van der Waals surface area contributed by atoms with Crippen molar-refractivity contribution in [1.82, 2.24) is 9.62 Å². The number of carbonyl (C=O) groups excluding carboxylic acids is 1. The molecular weight excluding hydrogens is 280 g/mol. The molecule has 20 heavy (non-hydrogen) atoms. The third kappa shape index (κ3) is 6.14. The summed E-state index contributed by atoms with van der Waals surface area (Å²) in [6, 6.07) is 9.47. The smallest absolute Gasteiger partial charge is 0.235 e. The van der Waals surface area contributed by atoms with Crippen LogP contribution in [0.5, 0.6) is 0 Å². The van der Waals surface area contributed by atoms with Crippen LogP contribution in [0.3, 0.4) is 0 Å². The van der Waals surface area contributed by atoms with Gasteiger partial charge in [-0.2, -0.15) is 4.31 Å². The molecule has 0 saturated heterocycles. The highest BCUT2D eigenvalue weighted by atomic mass is 32.2. The van der Waals surface area contributed by atoms with Gasteiger partial charge in [0.1, 0.15) is 0 Å². The summed E-state index contributed by atoms with van der Waals surface area (Å²) in [5.74, 6) is -0.419. The zero-order chi connectivity index (χ0) is 15.0. The van der Waals surface area contributed by atoms with Crippen LogP contribution >= 0.6 is 0 Å². The molecular formula is C13H20N2O4S. The summed E-state index contributed by atoms with van der Waals surface area (Å²) in [5, 5.41) is 11.1. The Morgan fingerprint density at radius 1 is 1.30 bits per heavy atom. The molecule has 0 atom stereocenters. The Kier molecular flexibility index (Phi) is 6.63. The van der Waals surface area contributed by atoms with Crippen LogP contribution in [0.15, 0.2) is 30.3 Å². The van der Waals surface area contributed by atoms with Crippen LogP contribution in [-0.2, 0) is 21.2 Å². The summed E-state index contributed by atoms with van der Waals surface area (Å²) < 4.78 is 24.4. The molecule has 0 fully saturated rings. The van der Waals surface area contributed by atoms with Crippen molar-refractivity contribution in [2.24, 2.45) is 0 Å². The Hall–Kier alpha value is -1.44. The van der Waals surface area contributed by atoms with E-state index in [1.807, 2.05) is 30.3 Å².